The maximum atomic E-state index is 9.36. The standard InChI is InChI=1S/C12H18BrNO/c1-3-14(4-2)8-7-10-5-6-12(15)11(13)9-10/h5-6,9,15H,3-4,7-8H2,1-2H3. The summed E-state index contributed by atoms with van der Waals surface area (Å²) < 4.78 is 0.777. The Kier molecular flexibility index (Phi) is 5.12. The summed E-state index contributed by atoms with van der Waals surface area (Å²) in [6.07, 6.45) is 1.03. The number of rotatable bonds is 5. The molecule has 0 fully saturated rings. The van der Waals surface area contributed by atoms with Crippen molar-refractivity contribution in [3.05, 3.63) is 28.2 Å². The molecule has 15 heavy (non-hydrogen) atoms. The molecular formula is C12H18BrNO. The lowest BCUT2D eigenvalue weighted by molar-refractivity contribution is 0.308. The van der Waals surface area contributed by atoms with E-state index in [1.807, 2.05) is 12.1 Å². The number of phenolic OH excluding ortho intramolecular Hbond substituents is 1. The summed E-state index contributed by atoms with van der Waals surface area (Å²) in [6.45, 7) is 7.61. The van der Waals surface area contributed by atoms with Gasteiger partial charge in [0.25, 0.3) is 0 Å². The van der Waals surface area contributed by atoms with Crippen LogP contribution in [0, 0.1) is 0 Å². The molecule has 0 radical (unpaired) electrons. The third-order valence-corrected chi connectivity index (χ3v) is 3.26. The van der Waals surface area contributed by atoms with E-state index in [0.717, 1.165) is 30.5 Å². The quantitative estimate of drug-likeness (QED) is 0.890. The molecule has 1 aromatic rings. The Labute approximate surface area is 100 Å². The fraction of sp³-hybridized carbons (Fsp3) is 0.500. The van der Waals surface area contributed by atoms with Gasteiger partial charge in [-0.05, 0) is 53.1 Å². The van der Waals surface area contributed by atoms with Gasteiger partial charge >= 0.3 is 0 Å². The van der Waals surface area contributed by atoms with E-state index in [-0.39, 0.29) is 0 Å². The average molecular weight is 272 g/mol. The van der Waals surface area contributed by atoms with E-state index in [9.17, 15) is 5.11 Å². The van der Waals surface area contributed by atoms with Gasteiger partial charge in [-0.3, -0.25) is 0 Å². The Morgan fingerprint density at radius 1 is 1.27 bits per heavy atom. The highest BCUT2D eigenvalue weighted by atomic mass is 79.9. The third-order valence-electron chi connectivity index (χ3n) is 2.62. The second kappa shape index (κ2) is 6.13. The Hall–Kier alpha value is -0.540. The molecular weight excluding hydrogens is 254 g/mol. The maximum absolute atomic E-state index is 9.36. The molecule has 0 aromatic heterocycles. The molecule has 0 spiro atoms. The predicted molar refractivity (Wildman–Crippen MR) is 67.3 cm³/mol. The van der Waals surface area contributed by atoms with Gasteiger partial charge in [0, 0.05) is 6.54 Å². The van der Waals surface area contributed by atoms with Crippen LogP contribution in [-0.2, 0) is 6.42 Å². The number of phenols is 1. The van der Waals surface area contributed by atoms with Gasteiger partial charge in [0.1, 0.15) is 5.75 Å². The van der Waals surface area contributed by atoms with E-state index in [1.165, 1.54) is 5.56 Å². The molecule has 0 aliphatic heterocycles. The van der Waals surface area contributed by atoms with Crippen molar-refractivity contribution in [1.29, 1.82) is 0 Å². The zero-order chi connectivity index (χ0) is 11.3. The Balaban J connectivity index is 2.54. The molecule has 0 aliphatic rings. The molecule has 0 aliphatic carbocycles. The van der Waals surface area contributed by atoms with Crippen molar-refractivity contribution in [3.63, 3.8) is 0 Å². The van der Waals surface area contributed by atoms with Crippen LogP contribution in [0.25, 0.3) is 0 Å². The van der Waals surface area contributed by atoms with E-state index in [1.54, 1.807) is 6.07 Å². The lowest BCUT2D eigenvalue weighted by Gasteiger charge is -2.17. The molecule has 0 unspecified atom stereocenters. The third kappa shape index (κ3) is 3.84. The zero-order valence-corrected chi connectivity index (χ0v) is 10.9. The van der Waals surface area contributed by atoms with Crippen LogP contribution in [0.3, 0.4) is 0 Å². The van der Waals surface area contributed by atoms with Crippen molar-refractivity contribution in [2.75, 3.05) is 19.6 Å². The lowest BCUT2D eigenvalue weighted by atomic mass is 10.1. The van der Waals surface area contributed by atoms with E-state index < -0.39 is 0 Å². The van der Waals surface area contributed by atoms with Crippen LogP contribution in [0.15, 0.2) is 22.7 Å². The number of hydrogen-bond acceptors (Lipinski definition) is 2. The minimum Gasteiger partial charge on any atom is -0.507 e. The van der Waals surface area contributed by atoms with Crippen LogP contribution in [0.5, 0.6) is 5.75 Å². The first-order valence-corrected chi connectivity index (χ1v) is 6.16. The average Bonchev–Trinajstić information content (AvgIpc) is 2.24. The van der Waals surface area contributed by atoms with Crippen LogP contribution < -0.4 is 0 Å². The van der Waals surface area contributed by atoms with E-state index in [0.29, 0.717) is 5.75 Å². The van der Waals surface area contributed by atoms with Crippen molar-refractivity contribution in [2.45, 2.75) is 20.3 Å². The van der Waals surface area contributed by atoms with Crippen LogP contribution in [0.4, 0.5) is 0 Å². The first-order chi connectivity index (χ1) is 7.17. The Morgan fingerprint density at radius 3 is 2.47 bits per heavy atom. The number of aromatic hydroxyl groups is 1. The highest BCUT2D eigenvalue weighted by Crippen LogP contribution is 2.24. The van der Waals surface area contributed by atoms with Gasteiger partial charge in [-0.1, -0.05) is 19.9 Å². The monoisotopic (exact) mass is 271 g/mol. The summed E-state index contributed by atoms with van der Waals surface area (Å²) in [5, 5.41) is 9.36. The van der Waals surface area contributed by atoms with Gasteiger partial charge in [0.05, 0.1) is 4.47 Å². The Morgan fingerprint density at radius 2 is 1.93 bits per heavy atom. The van der Waals surface area contributed by atoms with Crippen LogP contribution >= 0.6 is 15.9 Å². The fourth-order valence-corrected chi connectivity index (χ4v) is 1.96. The molecule has 0 saturated heterocycles. The molecule has 0 heterocycles. The Bertz CT molecular complexity index is 310. The predicted octanol–water partition coefficient (Wildman–Crippen LogP) is 3.04. The van der Waals surface area contributed by atoms with Gasteiger partial charge in [0.2, 0.25) is 0 Å². The summed E-state index contributed by atoms with van der Waals surface area (Å²) >= 11 is 3.32. The maximum Gasteiger partial charge on any atom is 0.129 e. The fourth-order valence-electron chi connectivity index (χ4n) is 1.53. The topological polar surface area (TPSA) is 23.5 Å². The van der Waals surface area contributed by atoms with Gasteiger partial charge in [-0.2, -0.15) is 0 Å². The first-order valence-electron chi connectivity index (χ1n) is 5.37. The number of nitrogens with zero attached hydrogens (tertiary/aromatic N) is 1. The highest BCUT2D eigenvalue weighted by molar-refractivity contribution is 9.10. The molecule has 0 bridgehead atoms. The molecule has 84 valence electrons. The zero-order valence-electron chi connectivity index (χ0n) is 9.33. The van der Waals surface area contributed by atoms with Crippen molar-refractivity contribution in [1.82, 2.24) is 4.90 Å². The SMILES string of the molecule is CCN(CC)CCc1ccc(O)c(Br)c1. The minimum absolute atomic E-state index is 0.307. The lowest BCUT2D eigenvalue weighted by Crippen LogP contribution is -2.25. The molecule has 0 saturated carbocycles. The van der Waals surface area contributed by atoms with Crippen molar-refractivity contribution >= 4 is 15.9 Å². The van der Waals surface area contributed by atoms with Gasteiger partial charge in [-0.25, -0.2) is 0 Å². The molecule has 1 N–H and O–H groups in total. The van der Waals surface area contributed by atoms with Crippen LogP contribution in [-0.4, -0.2) is 29.6 Å². The van der Waals surface area contributed by atoms with E-state index >= 15 is 0 Å². The van der Waals surface area contributed by atoms with Crippen LogP contribution in [0.2, 0.25) is 0 Å². The van der Waals surface area contributed by atoms with Gasteiger partial charge in [-0.15, -0.1) is 0 Å². The number of benzene rings is 1. The molecule has 1 rings (SSSR count). The summed E-state index contributed by atoms with van der Waals surface area (Å²) in [7, 11) is 0. The summed E-state index contributed by atoms with van der Waals surface area (Å²) in [5.41, 5.74) is 1.26. The largest absolute Gasteiger partial charge is 0.507 e. The van der Waals surface area contributed by atoms with Crippen molar-refractivity contribution < 1.29 is 5.11 Å². The van der Waals surface area contributed by atoms with E-state index in [4.69, 9.17) is 0 Å². The highest BCUT2D eigenvalue weighted by Gasteiger charge is 2.02. The molecule has 0 atom stereocenters. The summed E-state index contributed by atoms with van der Waals surface area (Å²) in [6, 6.07) is 5.70. The molecule has 3 heteroatoms. The van der Waals surface area contributed by atoms with Crippen molar-refractivity contribution in [2.24, 2.45) is 0 Å². The normalized spacial score (nSPS) is 10.9. The number of hydrogen-bond donors (Lipinski definition) is 1. The molecule has 0 amide bonds. The minimum atomic E-state index is 0.307. The number of halogens is 1. The van der Waals surface area contributed by atoms with Gasteiger partial charge < -0.3 is 10.0 Å². The number of likely N-dealkylation sites (N-methyl/N-ethyl adjacent to an activating group) is 1. The van der Waals surface area contributed by atoms with Crippen molar-refractivity contribution in [3.8, 4) is 5.75 Å². The van der Waals surface area contributed by atoms with Gasteiger partial charge in [0.15, 0.2) is 0 Å². The molecule has 2 nitrogen and oxygen atoms in total. The van der Waals surface area contributed by atoms with Crippen LogP contribution in [0.1, 0.15) is 19.4 Å². The summed E-state index contributed by atoms with van der Waals surface area (Å²) in [5.74, 6) is 0.307. The smallest absolute Gasteiger partial charge is 0.129 e. The summed E-state index contributed by atoms with van der Waals surface area (Å²) in [4.78, 5) is 2.39. The second-order valence-corrected chi connectivity index (χ2v) is 4.42. The first kappa shape index (κ1) is 12.5. The second-order valence-electron chi connectivity index (χ2n) is 3.56. The molecule has 1 aromatic carbocycles. The van der Waals surface area contributed by atoms with E-state index in [2.05, 4.69) is 34.7 Å².